The minimum absolute atomic E-state index is 0.326. The number of halogens is 1. The van der Waals surface area contributed by atoms with Gasteiger partial charge in [0.05, 0.1) is 12.1 Å². The number of hydrogen-bond acceptors (Lipinski definition) is 5. The number of fused-ring (bicyclic) bond motifs is 3. The Hall–Kier alpha value is -2.74. The number of ether oxygens (including phenoxy) is 1. The van der Waals surface area contributed by atoms with E-state index in [0.717, 1.165) is 4.47 Å². The number of carboxylic acids is 1. The maximum absolute atomic E-state index is 12.4. The van der Waals surface area contributed by atoms with Gasteiger partial charge in [-0.3, -0.25) is 9.78 Å². The van der Waals surface area contributed by atoms with Gasteiger partial charge in [0.25, 0.3) is 0 Å². The number of aliphatic hydroxyl groups is 2. The van der Waals surface area contributed by atoms with Gasteiger partial charge in [-0.15, -0.1) is 0 Å². The van der Waals surface area contributed by atoms with E-state index in [2.05, 4.69) is 20.9 Å². The van der Waals surface area contributed by atoms with Crippen molar-refractivity contribution < 1.29 is 24.9 Å². The van der Waals surface area contributed by atoms with Crippen molar-refractivity contribution in [2.45, 2.75) is 23.2 Å². The molecule has 7 heteroatoms. The highest BCUT2D eigenvalue weighted by atomic mass is 79.9. The molecule has 2 aliphatic rings. The normalized spacial score (nSPS) is 31.6. The Balaban J connectivity index is 1.87. The monoisotopic (exact) mass is 467 g/mol. The van der Waals surface area contributed by atoms with Gasteiger partial charge < -0.3 is 20.1 Å². The zero-order valence-corrected chi connectivity index (χ0v) is 17.2. The van der Waals surface area contributed by atoms with Crippen molar-refractivity contribution in [1.29, 1.82) is 0 Å². The smallest absolute Gasteiger partial charge is 0.310 e. The molecular formula is C23H18BrNO5. The third kappa shape index (κ3) is 2.31. The first-order valence-corrected chi connectivity index (χ1v) is 10.3. The molecule has 3 N–H and O–H groups in total. The first kappa shape index (κ1) is 19.2. The summed E-state index contributed by atoms with van der Waals surface area (Å²) >= 11 is 3.42. The van der Waals surface area contributed by atoms with E-state index in [1.54, 1.807) is 54.6 Å². The molecule has 2 aromatic carbocycles. The number of benzene rings is 2. The molecule has 6 nitrogen and oxygen atoms in total. The van der Waals surface area contributed by atoms with E-state index in [9.17, 15) is 20.1 Å². The predicted molar refractivity (Wildman–Crippen MR) is 111 cm³/mol. The molecule has 3 aromatic rings. The fourth-order valence-corrected chi connectivity index (χ4v) is 5.40. The second-order valence-electron chi connectivity index (χ2n) is 7.68. The SMILES string of the molecule is O=C(O)[C@H]1[C@@H](O)[C@@]2(O)c3ccncc3O[C@@]2(c2ccc(Br)cc2)[C@@H]1c1ccccc1. The van der Waals surface area contributed by atoms with Crippen LogP contribution in [-0.4, -0.2) is 32.4 Å². The van der Waals surface area contributed by atoms with Crippen LogP contribution in [-0.2, 0) is 16.0 Å². The van der Waals surface area contributed by atoms with E-state index in [1.165, 1.54) is 12.4 Å². The molecule has 5 atom stereocenters. The van der Waals surface area contributed by atoms with Crippen LogP contribution in [0.3, 0.4) is 0 Å². The first-order chi connectivity index (χ1) is 14.4. The summed E-state index contributed by atoms with van der Waals surface area (Å²) in [6.07, 6.45) is 1.37. The number of pyridine rings is 1. The lowest BCUT2D eigenvalue weighted by Crippen LogP contribution is -2.52. The van der Waals surface area contributed by atoms with E-state index in [4.69, 9.17) is 4.74 Å². The lowest BCUT2D eigenvalue weighted by Gasteiger charge is -2.40. The summed E-state index contributed by atoms with van der Waals surface area (Å²) in [6, 6.07) is 17.8. The lowest BCUT2D eigenvalue weighted by atomic mass is 9.71. The Morgan fingerprint density at radius 2 is 1.77 bits per heavy atom. The lowest BCUT2D eigenvalue weighted by molar-refractivity contribution is -0.159. The van der Waals surface area contributed by atoms with E-state index < -0.39 is 35.1 Å². The van der Waals surface area contributed by atoms with Crippen LogP contribution >= 0.6 is 15.9 Å². The molecule has 0 unspecified atom stereocenters. The van der Waals surface area contributed by atoms with Crippen LogP contribution in [0.1, 0.15) is 22.6 Å². The molecule has 152 valence electrons. The van der Waals surface area contributed by atoms with Gasteiger partial charge in [0.15, 0.2) is 11.2 Å². The maximum atomic E-state index is 12.4. The van der Waals surface area contributed by atoms with Crippen LogP contribution in [0.5, 0.6) is 5.75 Å². The van der Waals surface area contributed by atoms with Gasteiger partial charge in [0.2, 0.25) is 0 Å². The third-order valence-corrected chi connectivity index (χ3v) is 6.84. The minimum atomic E-state index is -1.98. The highest BCUT2D eigenvalue weighted by molar-refractivity contribution is 9.10. The van der Waals surface area contributed by atoms with Crippen molar-refractivity contribution in [1.82, 2.24) is 4.98 Å². The molecule has 1 aromatic heterocycles. The first-order valence-electron chi connectivity index (χ1n) is 9.49. The zero-order chi connectivity index (χ0) is 21.1. The van der Waals surface area contributed by atoms with Crippen molar-refractivity contribution in [3.8, 4) is 5.75 Å². The number of carboxylic acid groups (broad SMARTS) is 1. The number of hydrogen-bond donors (Lipinski definition) is 3. The Kier molecular flexibility index (Phi) is 4.25. The molecule has 5 rings (SSSR count). The van der Waals surface area contributed by atoms with E-state index in [0.29, 0.717) is 22.4 Å². The Morgan fingerprint density at radius 3 is 2.43 bits per heavy atom. The highest BCUT2D eigenvalue weighted by Gasteiger charge is 2.77. The van der Waals surface area contributed by atoms with Gasteiger partial charge in [-0.05, 0) is 29.3 Å². The van der Waals surface area contributed by atoms with Gasteiger partial charge in [-0.2, -0.15) is 0 Å². The van der Waals surface area contributed by atoms with Crippen LogP contribution in [0.2, 0.25) is 0 Å². The summed E-state index contributed by atoms with van der Waals surface area (Å²) in [6.45, 7) is 0. The minimum Gasteiger partial charge on any atom is -0.481 e. The molecule has 1 aliphatic carbocycles. The van der Waals surface area contributed by atoms with E-state index >= 15 is 0 Å². The number of aliphatic hydroxyl groups excluding tert-OH is 1. The Bertz CT molecular complexity index is 1120. The van der Waals surface area contributed by atoms with Crippen molar-refractivity contribution in [3.63, 3.8) is 0 Å². The summed E-state index contributed by atoms with van der Waals surface area (Å²) in [5.41, 5.74) is -1.98. The number of aliphatic carboxylic acids is 1. The quantitative estimate of drug-likeness (QED) is 0.546. The average Bonchev–Trinajstić information content (AvgIpc) is 3.13. The molecule has 1 saturated carbocycles. The van der Waals surface area contributed by atoms with Gasteiger partial charge in [0, 0.05) is 22.2 Å². The zero-order valence-electron chi connectivity index (χ0n) is 15.6. The fourth-order valence-electron chi connectivity index (χ4n) is 5.14. The van der Waals surface area contributed by atoms with E-state index in [1.807, 2.05) is 6.07 Å². The fraction of sp³-hybridized carbons (Fsp3) is 0.217. The van der Waals surface area contributed by atoms with Crippen LogP contribution in [0.4, 0.5) is 0 Å². The molecule has 2 heterocycles. The Labute approximate surface area is 180 Å². The molecule has 0 radical (unpaired) electrons. The summed E-state index contributed by atoms with van der Waals surface area (Å²) in [4.78, 5) is 16.5. The molecule has 1 fully saturated rings. The summed E-state index contributed by atoms with van der Waals surface area (Å²) in [7, 11) is 0. The maximum Gasteiger partial charge on any atom is 0.310 e. The standard InChI is InChI=1S/C23H18BrNO5/c24-15-8-6-14(7-9-15)23-19(13-4-2-1-3-5-13)18(21(27)28)20(26)22(23,29)16-10-11-25-12-17(16)30-23/h1-12,18-20,26,29H,(H,27,28)/t18-,19-,20-,22+,23+/m1/s1. The van der Waals surface area contributed by atoms with Gasteiger partial charge in [-0.1, -0.05) is 58.4 Å². The summed E-state index contributed by atoms with van der Waals surface area (Å²) < 4.78 is 7.24. The highest BCUT2D eigenvalue weighted by Crippen LogP contribution is 2.68. The van der Waals surface area contributed by atoms with Crippen LogP contribution in [0.15, 0.2) is 77.5 Å². The van der Waals surface area contributed by atoms with E-state index in [-0.39, 0.29) is 0 Å². The van der Waals surface area contributed by atoms with Crippen molar-refractivity contribution >= 4 is 21.9 Å². The average molecular weight is 468 g/mol. The number of carbonyl (C=O) groups is 1. The van der Waals surface area contributed by atoms with Gasteiger partial charge in [0.1, 0.15) is 11.9 Å². The molecular weight excluding hydrogens is 450 g/mol. The Morgan fingerprint density at radius 1 is 1.07 bits per heavy atom. The second kappa shape index (κ2) is 6.63. The van der Waals surface area contributed by atoms with Crippen molar-refractivity contribution in [3.05, 3.63) is 94.2 Å². The van der Waals surface area contributed by atoms with Crippen molar-refractivity contribution in [2.24, 2.45) is 5.92 Å². The largest absolute Gasteiger partial charge is 0.481 e. The molecule has 0 bridgehead atoms. The van der Waals surface area contributed by atoms with Crippen LogP contribution in [0.25, 0.3) is 0 Å². The summed E-state index contributed by atoms with van der Waals surface area (Å²) in [5.74, 6) is -3.02. The van der Waals surface area contributed by atoms with Gasteiger partial charge >= 0.3 is 5.97 Å². The summed E-state index contributed by atoms with van der Waals surface area (Å²) in [5, 5.41) is 33.5. The molecule has 30 heavy (non-hydrogen) atoms. The second-order valence-corrected chi connectivity index (χ2v) is 8.60. The molecule has 0 amide bonds. The molecule has 0 spiro atoms. The van der Waals surface area contributed by atoms with Crippen molar-refractivity contribution in [2.75, 3.05) is 0 Å². The molecule has 0 saturated heterocycles. The number of nitrogens with zero attached hydrogens (tertiary/aromatic N) is 1. The third-order valence-electron chi connectivity index (χ3n) is 6.31. The topological polar surface area (TPSA) is 99.9 Å². The molecule has 1 aliphatic heterocycles. The predicted octanol–water partition coefficient (Wildman–Crippen LogP) is 3.18. The number of aromatic nitrogens is 1. The number of rotatable bonds is 3. The van der Waals surface area contributed by atoms with Crippen LogP contribution in [0, 0.1) is 5.92 Å². The van der Waals surface area contributed by atoms with Gasteiger partial charge in [-0.25, -0.2) is 0 Å². The van der Waals surface area contributed by atoms with Crippen LogP contribution < -0.4 is 4.74 Å².